The first-order valence-corrected chi connectivity index (χ1v) is 9.54. The summed E-state index contributed by atoms with van der Waals surface area (Å²) in [7, 11) is -0.814. The molecule has 2 atom stereocenters. The highest BCUT2D eigenvalue weighted by atomic mass is 28.3. The Labute approximate surface area is 118 Å². The van der Waals surface area contributed by atoms with E-state index in [-0.39, 0.29) is 0 Å². The molecule has 0 saturated heterocycles. The molecule has 2 nitrogen and oxygen atoms in total. The van der Waals surface area contributed by atoms with E-state index in [1.807, 2.05) is 0 Å². The van der Waals surface area contributed by atoms with E-state index in [2.05, 4.69) is 61.6 Å². The number of rotatable bonds is 8. The highest BCUT2D eigenvalue weighted by Crippen LogP contribution is 2.21. The Hall–Kier alpha value is -1.37. The summed E-state index contributed by atoms with van der Waals surface area (Å²) < 4.78 is 5.33. The lowest BCUT2D eigenvalue weighted by Gasteiger charge is -2.14. The van der Waals surface area contributed by atoms with Crippen LogP contribution < -0.4 is 0 Å². The van der Waals surface area contributed by atoms with Crippen LogP contribution in [0.5, 0.6) is 0 Å². The molecule has 0 aliphatic rings. The summed E-state index contributed by atoms with van der Waals surface area (Å²) in [4.78, 5) is 0. The average Bonchev–Trinajstić information content (AvgIpc) is 2.43. The van der Waals surface area contributed by atoms with Crippen molar-refractivity contribution in [3.05, 3.63) is 47.7 Å². The number of nitrogens with zero attached hydrogens (tertiary/aromatic N) is 1. The quantitative estimate of drug-likeness (QED) is 0.535. The summed E-state index contributed by atoms with van der Waals surface area (Å²) in [6.07, 6.45) is 2.60. The number of nitriles is 1. The largest absolute Gasteiger partial charge is 0.376 e. The molecule has 0 aliphatic carbocycles. The first kappa shape index (κ1) is 15.7. The molecule has 1 aromatic carbocycles. The Kier molecular flexibility index (Phi) is 7.88. The Morgan fingerprint density at radius 3 is 2.79 bits per heavy atom. The lowest BCUT2D eigenvalue weighted by atomic mass is 10.0. The van der Waals surface area contributed by atoms with Crippen LogP contribution in [0.3, 0.4) is 0 Å². The third-order valence-electron chi connectivity index (χ3n) is 3.13. The molecule has 0 saturated carbocycles. The molecule has 3 heteroatoms. The van der Waals surface area contributed by atoms with Gasteiger partial charge < -0.3 is 4.74 Å². The summed E-state index contributed by atoms with van der Waals surface area (Å²) in [5.41, 5.74) is 3.77. The van der Waals surface area contributed by atoms with Gasteiger partial charge >= 0.3 is 0 Å². The molecule has 2 unspecified atom stereocenters. The van der Waals surface area contributed by atoms with E-state index in [1.54, 1.807) is 0 Å². The molecule has 102 valence electrons. The normalized spacial score (nSPS) is 14.2. The van der Waals surface area contributed by atoms with E-state index in [9.17, 15) is 0 Å². The predicted molar refractivity (Wildman–Crippen MR) is 82.9 cm³/mol. The Morgan fingerprint density at radius 1 is 1.37 bits per heavy atom. The molecular weight excluding hydrogens is 250 g/mol. The van der Waals surface area contributed by atoms with Gasteiger partial charge in [-0.05, 0) is 11.5 Å². The zero-order valence-electron chi connectivity index (χ0n) is 11.9. The molecule has 0 N–H and O–H groups in total. The van der Waals surface area contributed by atoms with Gasteiger partial charge in [0.15, 0.2) is 0 Å². The van der Waals surface area contributed by atoms with Crippen LogP contribution in [0, 0.1) is 11.3 Å². The molecule has 19 heavy (non-hydrogen) atoms. The molecule has 0 amide bonds. The smallest absolute Gasteiger partial charge is 0.0645 e. The Balaban J connectivity index is 2.25. The van der Waals surface area contributed by atoms with Crippen molar-refractivity contribution in [2.75, 3.05) is 13.2 Å². The molecule has 0 bridgehead atoms. The van der Waals surface area contributed by atoms with Crippen molar-refractivity contribution in [3.63, 3.8) is 0 Å². The lowest BCUT2D eigenvalue weighted by Crippen LogP contribution is -2.08. The molecule has 0 aromatic heterocycles. The van der Waals surface area contributed by atoms with Crippen molar-refractivity contribution >= 4 is 8.80 Å². The minimum absolute atomic E-state index is 0.478. The van der Waals surface area contributed by atoms with Crippen LogP contribution in [0.2, 0.25) is 12.6 Å². The van der Waals surface area contributed by atoms with Crippen LogP contribution >= 0.6 is 0 Å². The van der Waals surface area contributed by atoms with Crippen LogP contribution in [0.15, 0.2) is 42.1 Å². The van der Waals surface area contributed by atoms with Crippen LogP contribution in [0.4, 0.5) is 0 Å². The van der Waals surface area contributed by atoms with Crippen LogP contribution in [-0.4, -0.2) is 22.0 Å². The summed E-state index contributed by atoms with van der Waals surface area (Å²) >= 11 is 0. The molecular formula is C16H23NOSi. The number of ether oxygens (including phenoxy) is 1. The minimum atomic E-state index is -0.814. The molecule has 0 spiro atoms. The molecule has 1 aromatic rings. The van der Waals surface area contributed by atoms with Crippen molar-refractivity contribution in [3.8, 4) is 6.07 Å². The van der Waals surface area contributed by atoms with Crippen LogP contribution in [0.1, 0.15) is 24.8 Å². The topological polar surface area (TPSA) is 33.0 Å². The molecule has 0 heterocycles. The van der Waals surface area contributed by atoms with Crippen LogP contribution in [-0.2, 0) is 4.74 Å². The second-order valence-corrected chi connectivity index (χ2v) is 7.75. The van der Waals surface area contributed by atoms with Gasteiger partial charge in [-0.2, -0.15) is 5.26 Å². The van der Waals surface area contributed by atoms with Gasteiger partial charge in [-0.25, -0.2) is 0 Å². The van der Waals surface area contributed by atoms with E-state index >= 15 is 0 Å². The number of hydrogen-bond donors (Lipinski definition) is 0. The first-order valence-electron chi connectivity index (χ1n) is 6.90. The van der Waals surface area contributed by atoms with Gasteiger partial charge in [0.05, 0.1) is 34.5 Å². The summed E-state index contributed by atoms with van der Waals surface area (Å²) in [6.45, 7) is 5.84. The fraction of sp³-hybridized carbons (Fsp3) is 0.438. The summed E-state index contributed by atoms with van der Waals surface area (Å²) in [5.74, 6) is 0.632. The van der Waals surface area contributed by atoms with E-state index in [0.717, 1.165) is 0 Å². The maximum Gasteiger partial charge on any atom is 0.0645 e. The van der Waals surface area contributed by atoms with Gasteiger partial charge in [-0.1, -0.05) is 61.6 Å². The van der Waals surface area contributed by atoms with Crippen molar-refractivity contribution in [1.29, 1.82) is 5.26 Å². The SMILES string of the molecule is CC(C[SiH](C)C=CCOCCC#N)c1ccccc1. The summed E-state index contributed by atoms with van der Waals surface area (Å²) in [5, 5.41) is 8.38. The maximum atomic E-state index is 8.38. The second kappa shape index (κ2) is 9.54. The van der Waals surface area contributed by atoms with E-state index < -0.39 is 8.80 Å². The minimum Gasteiger partial charge on any atom is -0.376 e. The standard InChI is InChI=1S/C16H23NOSi/c1-15(16-8-4-3-5-9-16)14-19(2)13-7-12-18-11-6-10-17/h3-5,7-9,13,15,19H,6,11-12,14H2,1-2H3. The van der Waals surface area contributed by atoms with Crippen LogP contribution in [0.25, 0.3) is 0 Å². The highest BCUT2D eigenvalue weighted by Gasteiger charge is 2.09. The molecule has 0 fully saturated rings. The van der Waals surface area contributed by atoms with E-state index in [4.69, 9.17) is 10.00 Å². The van der Waals surface area contributed by atoms with Gasteiger partial charge in [0.25, 0.3) is 0 Å². The van der Waals surface area contributed by atoms with Gasteiger partial charge in [0.2, 0.25) is 0 Å². The van der Waals surface area contributed by atoms with Crippen molar-refractivity contribution in [2.24, 2.45) is 0 Å². The monoisotopic (exact) mass is 273 g/mol. The van der Waals surface area contributed by atoms with E-state index in [1.165, 1.54) is 11.6 Å². The fourth-order valence-corrected chi connectivity index (χ4v) is 4.23. The molecule has 1 rings (SSSR count). The second-order valence-electron chi connectivity index (χ2n) is 4.94. The third kappa shape index (κ3) is 6.95. The zero-order chi connectivity index (χ0) is 13.9. The maximum absolute atomic E-state index is 8.38. The van der Waals surface area contributed by atoms with Gasteiger partial charge in [-0.15, -0.1) is 0 Å². The predicted octanol–water partition coefficient (Wildman–Crippen LogP) is 3.67. The van der Waals surface area contributed by atoms with Gasteiger partial charge in [-0.3, -0.25) is 0 Å². The highest BCUT2D eigenvalue weighted by molar-refractivity contribution is 6.63. The molecule has 0 aliphatic heterocycles. The fourth-order valence-electron chi connectivity index (χ4n) is 2.11. The Morgan fingerprint density at radius 2 is 2.11 bits per heavy atom. The average molecular weight is 273 g/mol. The summed E-state index contributed by atoms with van der Waals surface area (Å²) in [6, 6.07) is 14.0. The van der Waals surface area contributed by atoms with E-state index in [0.29, 0.717) is 25.6 Å². The zero-order valence-corrected chi connectivity index (χ0v) is 13.0. The number of benzene rings is 1. The van der Waals surface area contributed by atoms with Crippen molar-refractivity contribution < 1.29 is 4.74 Å². The van der Waals surface area contributed by atoms with Gasteiger partial charge in [0, 0.05) is 0 Å². The van der Waals surface area contributed by atoms with Crippen molar-refractivity contribution in [2.45, 2.75) is 31.9 Å². The van der Waals surface area contributed by atoms with Gasteiger partial charge in [0.1, 0.15) is 0 Å². The molecule has 0 radical (unpaired) electrons. The third-order valence-corrected chi connectivity index (χ3v) is 5.51. The number of hydrogen-bond acceptors (Lipinski definition) is 2. The first-order chi connectivity index (χ1) is 9.24. The van der Waals surface area contributed by atoms with Crippen molar-refractivity contribution in [1.82, 2.24) is 0 Å². The lowest BCUT2D eigenvalue weighted by molar-refractivity contribution is 0.168. The Bertz CT molecular complexity index is 411.